The van der Waals surface area contributed by atoms with Crippen LogP contribution in [-0.2, 0) is 10.0 Å². The Morgan fingerprint density at radius 2 is 1.65 bits per heavy atom. The highest BCUT2D eigenvalue weighted by Crippen LogP contribution is 2.26. The predicted molar refractivity (Wildman–Crippen MR) is 81.4 cm³/mol. The molecule has 112 valence electrons. The molecular formula is C15H24N2O2S. The topological polar surface area (TPSA) is 49.4 Å². The minimum atomic E-state index is -3.33. The Balaban J connectivity index is 2.19. The summed E-state index contributed by atoms with van der Waals surface area (Å²) in [5.41, 5.74) is 1.25. The third-order valence-electron chi connectivity index (χ3n) is 4.03. The first-order chi connectivity index (χ1) is 9.59. The highest BCUT2D eigenvalue weighted by atomic mass is 32.2. The van der Waals surface area contributed by atoms with E-state index < -0.39 is 10.0 Å². The molecule has 1 aliphatic rings. The molecule has 0 aliphatic carbocycles. The molecule has 4 nitrogen and oxygen atoms in total. The number of rotatable bonds is 5. The smallest absolute Gasteiger partial charge is 0.243 e. The molecule has 0 atom stereocenters. The lowest BCUT2D eigenvalue weighted by Gasteiger charge is -2.23. The first-order valence-electron chi connectivity index (χ1n) is 7.40. The van der Waals surface area contributed by atoms with E-state index in [-0.39, 0.29) is 0 Å². The summed E-state index contributed by atoms with van der Waals surface area (Å²) in [6.07, 6.45) is 2.25. The van der Waals surface area contributed by atoms with Crippen LogP contribution in [0.5, 0.6) is 0 Å². The standard InChI is InChI=1S/C15H24N2O2S/c1-3-17(4-2)20(18,19)15-7-5-13(6-8-15)14-9-11-16-12-10-14/h5-8,14,16H,3-4,9-12H2,1-2H3. The summed E-state index contributed by atoms with van der Waals surface area (Å²) in [5, 5.41) is 3.35. The van der Waals surface area contributed by atoms with Gasteiger partial charge in [-0.25, -0.2) is 8.42 Å². The SMILES string of the molecule is CCN(CC)S(=O)(=O)c1ccc(C2CCNCC2)cc1. The molecule has 0 saturated carbocycles. The average molecular weight is 296 g/mol. The van der Waals surface area contributed by atoms with E-state index in [1.54, 1.807) is 12.1 Å². The Hall–Kier alpha value is -0.910. The van der Waals surface area contributed by atoms with Crippen LogP contribution in [0.25, 0.3) is 0 Å². The summed E-state index contributed by atoms with van der Waals surface area (Å²) in [6.45, 7) is 6.84. The summed E-state index contributed by atoms with van der Waals surface area (Å²) >= 11 is 0. The van der Waals surface area contributed by atoms with Gasteiger partial charge in [-0.15, -0.1) is 0 Å². The molecule has 1 fully saturated rings. The second-order valence-corrected chi connectivity index (χ2v) is 7.12. The van der Waals surface area contributed by atoms with E-state index in [2.05, 4.69) is 5.32 Å². The van der Waals surface area contributed by atoms with Gasteiger partial charge in [0.25, 0.3) is 0 Å². The van der Waals surface area contributed by atoms with E-state index >= 15 is 0 Å². The molecule has 0 aromatic heterocycles. The second-order valence-electron chi connectivity index (χ2n) is 5.18. The molecule has 1 heterocycles. The average Bonchev–Trinajstić information content (AvgIpc) is 2.49. The van der Waals surface area contributed by atoms with Gasteiger partial charge < -0.3 is 5.32 Å². The molecule has 1 aromatic carbocycles. The van der Waals surface area contributed by atoms with E-state index in [1.165, 1.54) is 9.87 Å². The Labute approximate surface area is 122 Å². The van der Waals surface area contributed by atoms with Crippen molar-refractivity contribution in [3.8, 4) is 0 Å². The number of sulfonamides is 1. The first-order valence-corrected chi connectivity index (χ1v) is 8.84. The molecule has 1 N–H and O–H groups in total. The monoisotopic (exact) mass is 296 g/mol. The van der Waals surface area contributed by atoms with E-state index in [9.17, 15) is 8.42 Å². The van der Waals surface area contributed by atoms with Gasteiger partial charge in [0.15, 0.2) is 0 Å². The number of nitrogens with zero attached hydrogens (tertiary/aromatic N) is 1. The lowest BCUT2D eigenvalue weighted by atomic mass is 9.90. The third kappa shape index (κ3) is 3.22. The zero-order valence-corrected chi connectivity index (χ0v) is 13.1. The van der Waals surface area contributed by atoms with Crippen molar-refractivity contribution < 1.29 is 8.42 Å². The van der Waals surface area contributed by atoms with Gasteiger partial charge in [0.1, 0.15) is 0 Å². The summed E-state index contributed by atoms with van der Waals surface area (Å²) in [6, 6.07) is 7.47. The van der Waals surface area contributed by atoms with E-state index in [1.807, 2.05) is 26.0 Å². The quantitative estimate of drug-likeness (QED) is 0.906. The fourth-order valence-corrected chi connectivity index (χ4v) is 4.24. The fraction of sp³-hybridized carbons (Fsp3) is 0.600. The van der Waals surface area contributed by atoms with E-state index in [0.717, 1.165) is 25.9 Å². The lowest BCUT2D eigenvalue weighted by Crippen LogP contribution is -2.30. The van der Waals surface area contributed by atoms with Crippen molar-refractivity contribution in [1.29, 1.82) is 0 Å². The van der Waals surface area contributed by atoms with E-state index in [4.69, 9.17) is 0 Å². The maximum Gasteiger partial charge on any atom is 0.243 e. The van der Waals surface area contributed by atoms with Gasteiger partial charge in [-0.3, -0.25) is 0 Å². The zero-order chi connectivity index (χ0) is 14.6. The van der Waals surface area contributed by atoms with Gasteiger partial charge in [0, 0.05) is 13.1 Å². The molecule has 5 heteroatoms. The third-order valence-corrected chi connectivity index (χ3v) is 6.10. The summed E-state index contributed by atoms with van der Waals surface area (Å²) in [7, 11) is -3.33. The van der Waals surface area contributed by atoms with Crippen molar-refractivity contribution in [1.82, 2.24) is 9.62 Å². The number of piperidine rings is 1. The summed E-state index contributed by atoms with van der Waals surface area (Å²) in [4.78, 5) is 0.402. The van der Waals surface area contributed by atoms with Crippen LogP contribution >= 0.6 is 0 Å². The molecule has 2 rings (SSSR count). The van der Waals surface area contributed by atoms with Gasteiger partial charge in [-0.05, 0) is 49.5 Å². The highest BCUT2D eigenvalue weighted by molar-refractivity contribution is 7.89. The minimum Gasteiger partial charge on any atom is -0.317 e. The van der Waals surface area contributed by atoms with Crippen LogP contribution in [0.3, 0.4) is 0 Å². The van der Waals surface area contributed by atoms with E-state index in [0.29, 0.717) is 23.9 Å². The van der Waals surface area contributed by atoms with Gasteiger partial charge in [-0.1, -0.05) is 26.0 Å². The van der Waals surface area contributed by atoms with Crippen molar-refractivity contribution in [3.05, 3.63) is 29.8 Å². The molecule has 0 amide bonds. The lowest BCUT2D eigenvalue weighted by molar-refractivity contribution is 0.444. The van der Waals surface area contributed by atoms with Crippen LogP contribution < -0.4 is 5.32 Å². The van der Waals surface area contributed by atoms with Gasteiger partial charge in [-0.2, -0.15) is 4.31 Å². The van der Waals surface area contributed by atoms with Crippen LogP contribution in [0.1, 0.15) is 38.2 Å². The molecule has 0 radical (unpaired) electrons. The number of hydrogen-bond acceptors (Lipinski definition) is 3. The molecule has 20 heavy (non-hydrogen) atoms. The predicted octanol–water partition coefficient (Wildman–Crippen LogP) is 2.18. The van der Waals surface area contributed by atoms with Gasteiger partial charge in [0.2, 0.25) is 10.0 Å². The van der Waals surface area contributed by atoms with Crippen molar-refractivity contribution in [2.24, 2.45) is 0 Å². The molecule has 0 unspecified atom stereocenters. The normalized spacial score (nSPS) is 17.6. The Bertz CT molecular complexity index is 515. The van der Waals surface area contributed by atoms with Crippen LogP contribution in [-0.4, -0.2) is 38.9 Å². The maximum atomic E-state index is 12.4. The van der Waals surface area contributed by atoms with Crippen LogP contribution in [0.2, 0.25) is 0 Å². The fourth-order valence-electron chi connectivity index (χ4n) is 2.78. The molecule has 1 aliphatic heterocycles. The second kappa shape index (κ2) is 6.70. The van der Waals surface area contributed by atoms with Crippen molar-refractivity contribution in [2.45, 2.75) is 37.5 Å². The zero-order valence-electron chi connectivity index (χ0n) is 12.3. The maximum absolute atomic E-state index is 12.4. The van der Waals surface area contributed by atoms with Gasteiger partial charge in [0.05, 0.1) is 4.90 Å². The molecule has 1 saturated heterocycles. The van der Waals surface area contributed by atoms with Crippen LogP contribution in [0, 0.1) is 0 Å². The summed E-state index contributed by atoms with van der Waals surface area (Å²) in [5.74, 6) is 0.557. The highest BCUT2D eigenvalue weighted by Gasteiger charge is 2.22. The Kier molecular flexibility index (Phi) is 5.18. The largest absolute Gasteiger partial charge is 0.317 e. The van der Waals surface area contributed by atoms with Crippen molar-refractivity contribution in [2.75, 3.05) is 26.2 Å². The number of nitrogens with one attached hydrogen (secondary N) is 1. The van der Waals surface area contributed by atoms with Crippen molar-refractivity contribution in [3.63, 3.8) is 0 Å². The van der Waals surface area contributed by atoms with Gasteiger partial charge >= 0.3 is 0 Å². The first kappa shape index (κ1) is 15.5. The van der Waals surface area contributed by atoms with Crippen LogP contribution in [0.15, 0.2) is 29.2 Å². The number of benzene rings is 1. The molecular weight excluding hydrogens is 272 g/mol. The summed E-state index contributed by atoms with van der Waals surface area (Å²) < 4.78 is 26.3. The Morgan fingerprint density at radius 3 is 2.15 bits per heavy atom. The molecule has 1 aromatic rings. The Morgan fingerprint density at radius 1 is 1.10 bits per heavy atom. The van der Waals surface area contributed by atoms with Crippen LogP contribution in [0.4, 0.5) is 0 Å². The minimum absolute atomic E-state index is 0.402. The van der Waals surface area contributed by atoms with Crippen molar-refractivity contribution >= 4 is 10.0 Å². The molecule has 0 spiro atoms. The molecule has 0 bridgehead atoms. The number of hydrogen-bond donors (Lipinski definition) is 1.